The number of ether oxygens (including phenoxy) is 1. The fourth-order valence-corrected chi connectivity index (χ4v) is 4.08. The lowest BCUT2D eigenvalue weighted by Gasteiger charge is -2.27. The number of alkyl halides is 5. The third-order valence-electron chi connectivity index (χ3n) is 5.50. The lowest BCUT2D eigenvalue weighted by molar-refractivity contribution is -0.165. The van der Waals surface area contributed by atoms with Gasteiger partial charge in [-0.15, -0.1) is 0 Å². The second kappa shape index (κ2) is 14.8. The van der Waals surface area contributed by atoms with E-state index in [1.807, 2.05) is 0 Å². The Hall–Kier alpha value is -3.16. The topological polar surface area (TPSA) is 114 Å². The Labute approximate surface area is 252 Å². The maximum absolute atomic E-state index is 14.6. The van der Waals surface area contributed by atoms with Crippen molar-refractivity contribution in [2.75, 3.05) is 13.2 Å². The van der Waals surface area contributed by atoms with Crippen LogP contribution in [-0.4, -0.2) is 60.8 Å². The van der Waals surface area contributed by atoms with Crippen LogP contribution in [0.4, 0.5) is 22.0 Å². The summed E-state index contributed by atoms with van der Waals surface area (Å²) >= 11 is 17.7. The molecule has 0 aliphatic carbocycles. The molecule has 0 heterocycles. The van der Waals surface area contributed by atoms with Crippen molar-refractivity contribution < 1.29 is 45.9 Å². The Morgan fingerprint density at radius 3 is 1.95 bits per heavy atom. The number of nitrogens with one attached hydrogen (secondary N) is 3. The van der Waals surface area contributed by atoms with E-state index >= 15 is 0 Å². The highest BCUT2D eigenvalue weighted by Gasteiger charge is 2.52. The van der Waals surface area contributed by atoms with Gasteiger partial charge in [0, 0.05) is 21.5 Å². The molecule has 0 aromatic heterocycles. The number of hydrogen-bond acceptors (Lipinski definition) is 5. The highest BCUT2D eigenvalue weighted by Crippen LogP contribution is 2.24. The van der Waals surface area contributed by atoms with E-state index in [1.54, 1.807) is 0 Å². The second-order valence-corrected chi connectivity index (χ2v) is 10.6. The van der Waals surface area contributed by atoms with Gasteiger partial charge in [-0.1, -0.05) is 60.8 Å². The number of Topliss-reactive ketones (excluding diaryl/α,β-unsaturated/α-hetero) is 1. The molecular formula is C26H25Cl3F5N3O5. The van der Waals surface area contributed by atoms with Crippen molar-refractivity contribution in [1.82, 2.24) is 16.0 Å². The third-order valence-corrected chi connectivity index (χ3v) is 6.19. The molecule has 2 rings (SSSR count). The van der Waals surface area contributed by atoms with Crippen molar-refractivity contribution in [3.63, 3.8) is 0 Å². The summed E-state index contributed by atoms with van der Waals surface area (Å²) in [6, 6.07) is 6.78. The number of rotatable bonds is 13. The number of carbonyl (C=O) groups is 4. The largest absolute Gasteiger partial charge is 0.484 e. The van der Waals surface area contributed by atoms with Crippen LogP contribution >= 0.6 is 34.8 Å². The molecule has 2 unspecified atom stereocenters. The molecule has 0 fully saturated rings. The van der Waals surface area contributed by atoms with Gasteiger partial charge in [0.1, 0.15) is 18.3 Å². The van der Waals surface area contributed by atoms with Gasteiger partial charge in [0.2, 0.25) is 11.7 Å². The van der Waals surface area contributed by atoms with Crippen LogP contribution in [0, 0.1) is 5.92 Å². The number of amides is 3. The van der Waals surface area contributed by atoms with E-state index in [0.29, 0.717) is 10.6 Å². The molecule has 3 amide bonds. The first-order chi connectivity index (χ1) is 19.4. The highest BCUT2D eigenvalue weighted by molar-refractivity contribution is 6.34. The molecule has 0 aliphatic rings. The predicted molar refractivity (Wildman–Crippen MR) is 145 cm³/mol. The minimum atomic E-state index is -5.00. The Morgan fingerprint density at radius 1 is 0.857 bits per heavy atom. The van der Waals surface area contributed by atoms with Gasteiger partial charge in [0.25, 0.3) is 11.8 Å². The standard InChI is InChI=1S/C26H25Cl3F5N3O5/c1-13(2)21(22(39)26(33,34)24(41)35-12-25(30,31)32)37-23(40)19(7-14-3-5-15(27)6-4-14)36-20(38)11-42-18-9-16(28)8-17(29)10-18/h3-6,8-10,13,19,21H,7,11-12H2,1-2H3,(H,35,41)(H,36,38)(H,37,40). The SMILES string of the molecule is CC(C)C(NC(=O)C(Cc1ccc(Cl)cc1)NC(=O)COc1cc(Cl)cc(Cl)c1)C(=O)C(F)(F)C(=O)NCC(F)(F)F. The van der Waals surface area contributed by atoms with E-state index in [-0.39, 0.29) is 22.2 Å². The van der Waals surface area contributed by atoms with Crippen molar-refractivity contribution in [1.29, 1.82) is 0 Å². The first-order valence-corrected chi connectivity index (χ1v) is 13.2. The quantitative estimate of drug-likeness (QED) is 0.212. The number of halogens is 8. The van der Waals surface area contributed by atoms with Gasteiger partial charge >= 0.3 is 12.1 Å². The van der Waals surface area contributed by atoms with Crippen molar-refractivity contribution in [2.45, 2.75) is 44.5 Å². The van der Waals surface area contributed by atoms with Crippen LogP contribution in [0.1, 0.15) is 19.4 Å². The van der Waals surface area contributed by atoms with Crippen LogP contribution in [0.2, 0.25) is 15.1 Å². The van der Waals surface area contributed by atoms with Crippen LogP contribution in [0.5, 0.6) is 5.75 Å². The van der Waals surface area contributed by atoms with Crippen LogP contribution in [-0.2, 0) is 25.6 Å². The molecule has 16 heteroatoms. The lowest BCUT2D eigenvalue weighted by Crippen LogP contribution is -2.59. The molecular weight excluding hydrogens is 636 g/mol. The van der Waals surface area contributed by atoms with E-state index in [4.69, 9.17) is 39.5 Å². The monoisotopic (exact) mass is 659 g/mol. The molecule has 0 saturated carbocycles. The molecule has 2 aromatic rings. The number of hydrogen-bond donors (Lipinski definition) is 3. The summed E-state index contributed by atoms with van der Waals surface area (Å²) in [6.07, 6.45) is -5.20. The van der Waals surface area contributed by atoms with Crippen molar-refractivity contribution in [3.8, 4) is 5.75 Å². The molecule has 2 aromatic carbocycles. The van der Waals surface area contributed by atoms with Gasteiger partial charge in [0.15, 0.2) is 6.61 Å². The molecule has 230 valence electrons. The normalized spacial score (nSPS) is 13.2. The Morgan fingerprint density at radius 2 is 1.43 bits per heavy atom. The minimum absolute atomic E-state index is 0.137. The van der Waals surface area contributed by atoms with Crippen molar-refractivity contribution >= 4 is 58.3 Å². The zero-order valence-electron chi connectivity index (χ0n) is 22.0. The van der Waals surface area contributed by atoms with Crippen LogP contribution in [0.3, 0.4) is 0 Å². The van der Waals surface area contributed by atoms with Gasteiger partial charge in [-0.2, -0.15) is 22.0 Å². The Bertz CT molecular complexity index is 1270. The lowest BCUT2D eigenvalue weighted by atomic mass is 9.94. The number of carbonyl (C=O) groups excluding carboxylic acids is 4. The molecule has 8 nitrogen and oxygen atoms in total. The minimum Gasteiger partial charge on any atom is -0.484 e. The van der Waals surface area contributed by atoms with Gasteiger partial charge in [-0.3, -0.25) is 19.2 Å². The van der Waals surface area contributed by atoms with Gasteiger partial charge in [-0.25, -0.2) is 0 Å². The summed E-state index contributed by atoms with van der Waals surface area (Å²) in [6.45, 7) is -0.177. The fraction of sp³-hybridized carbons (Fsp3) is 0.385. The molecule has 0 radical (unpaired) electrons. The van der Waals surface area contributed by atoms with Crippen LogP contribution in [0.25, 0.3) is 0 Å². The van der Waals surface area contributed by atoms with Crippen molar-refractivity contribution in [2.24, 2.45) is 5.92 Å². The summed E-state index contributed by atoms with van der Waals surface area (Å²) < 4.78 is 71.6. The highest BCUT2D eigenvalue weighted by atomic mass is 35.5. The summed E-state index contributed by atoms with van der Waals surface area (Å²) in [4.78, 5) is 50.2. The molecule has 42 heavy (non-hydrogen) atoms. The predicted octanol–water partition coefficient (Wildman–Crippen LogP) is 4.78. The molecule has 0 bridgehead atoms. The van der Waals surface area contributed by atoms with Crippen LogP contribution in [0.15, 0.2) is 42.5 Å². The van der Waals surface area contributed by atoms with E-state index < -0.39 is 66.8 Å². The van der Waals surface area contributed by atoms with Crippen LogP contribution < -0.4 is 20.7 Å². The molecule has 0 aliphatic heterocycles. The molecule has 2 atom stereocenters. The van der Waals surface area contributed by atoms with E-state index in [9.17, 15) is 41.1 Å². The molecule has 0 saturated heterocycles. The number of benzene rings is 2. The molecule has 0 spiro atoms. The first kappa shape index (κ1) is 35.0. The van der Waals surface area contributed by atoms with Gasteiger partial charge < -0.3 is 20.7 Å². The van der Waals surface area contributed by atoms with E-state index in [1.165, 1.54) is 56.3 Å². The summed E-state index contributed by atoms with van der Waals surface area (Å²) in [5, 5.41) is 6.26. The van der Waals surface area contributed by atoms with E-state index in [2.05, 4.69) is 10.6 Å². The Kier molecular flexibility index (Phi) is 12.4. The van der Waals surface area contributed by atoms with Gasteiger partial charge in [0.05, 0.1) is 6.04 Å². The summed E-state index contributed by atoms with van der Waals surface area (Å²) in [5.41, 5.74) is 0.478. The first-order valence-electron chi connectivity index (χ1n) is 12.1. The third kappa shape index (κ3) is 10.9. The average molecular weight is 661 g/mol. The Balaban J connectivity index is 2.23. The zero-order chi connectivity index (χ0) is 31.8. The molecule has 3 N–H and O–H groups in total. The second-order valence-electron chi connectivity index (χ2n) is 9.31. The number of ketones is 1. The smallest absolute Gasteiger partial charge is 0.405 e. The average Bonchev–Trinajstić information content (AvgIpc) is 2.88. The fourth-order valence-electron chi connectivity index (χ4n) is 3.45. The summed E-state index contributed by atoms with van der Waals surface area (Å²) in [5.74, 6) is -12.3. The maximum atomic E-state index is 14.6. The van der Waals surface area contributed by atoms with Crippen molar-refractivity contribution in [3.05, 3.63) is 63.1 Å². The van der Waals surface area contributed by atoms with E-state index in [0.717, 1.165) is 5.32 Å². The maximum Gasteiger partial charge on any atom is 0.405 e. The van der Waals surface area contributed by atoms with Gasteiger partial charge in [-0.05, 0) is 41.8 Å². The summed E-state index contributed by atoms with van der Waals surface area (Å²) in [7, 11) is 0. The zero-order valence-corrected chi connectivity index (χ0v) is 24.2.